The van der Waals surface area contributed by atoms with Crippen molar-refractivity contribution >= 4 is 23.7 Å². The van der Waals surface area contributed by atoms with Gasteiger partial charge >= 0.3 is 0 Å². The summed E-state index contributed by atoms with van der Waals surface area (Å²) < 4.78 is 15.2. The van der Waals surface area contributed by atoms with E-state index in [0.29, 0.717) is 18.5 Å². The molecule has 4 nitrogen and oxygen atoms in total. The van der Waals surface area contributed by atoms with E-state index in [0.717, 1.165) is 19.1 Å². The van der Waals surface area contributed by atoms with Gasteiger partial charge in [0.2, 0.25) is 0 Å². The van der Waals surface area contributed by atoms with Crippen LogP contribution in [0.1, 0.15) is 53.7 Å². The summed E-state index contributed by atoms with van der Waals surface area (Å²) in [6, 6.07) is 6.03. The molecule has 1 fully saturated rings. The van der Waals surface area contributed by atoms with Crippen LogP contribution in [-0.4, -0.2) is 23.6 Å². The highest BCUT2D eigenvalue weighted by Gasteiger charge is 2.42. The van der Waals surface area contributed by atoms with Crippen LogP contribution in [0.15, 0.2) is 36.7 Å². The Balaban J connectivity index is 1.90. The summed E-state index contributed by atoms with van der Waals surface area (Å²) >= 11 is 6.13. The van der Waals surface area contributed by atoms with Crippen molar-refractivity contribution in [3.63, 3.8) is 0 Å². The maximum atomic E-state index is 15.2. The molecule has 1 aliphatic rings. The van der Waals surface area contributed by atoms with Gasteiger partial charge in [0, 0.05) is 41.5 Å². The number of rotatable bonds is 8. The number of hydrogen-bond donors (Lipinski definition) is 1. The number of carbonyl (C=O) groups excluding carboxylic acids is 2. The number of halogens is 2. The lowest BCUT2D eigenvalue weighted by Crippen LogP contribution is -2.29. The fourth-order valence-corrected chi connectivity index (χ4v) is 3.22. The van der Waals surface area contributed by atoms with Crippen molar-refractivity contribution in [1.29, 1.82) is 0 Å². The maximum Gasteiger partial charge on any atom is 0.199 e. The van der Waals surface area contributed by atoms with E-state index in [1.54, 1.807) is 30.5 Å². The summed E-state index contributed by atoms with van der Waals surface area (Å²) in [6.07, 6.45) is 6.24. The van der Waals surface area contributed by atoms with E-state index in [4.69, 9.17) is 11.6 Å². The molecule has 1 aromatic heterocycles. The smallest absolute Gasteiger partial charge is 0.199 e. The van der Waals surface area contributed by atoms with Crippen LogP contribution in [0.3, 0.4) is 0 Å². The van der Waals surface area contributed by atoms with Crippen molar-refractivity contribution in [3.05, 3.63) is 64.2 Å². The van der Waals surface area contributed by atoms with Crippen molar-refractivity contribution in [2.45, 2.75) is 32.2 Å². The van der Waals surface area contributed by atoms with Gasteiger partial charge in [-0.1, -0.05) is 24.6 Å². The molecule has 0 spiro atoms. The molecular weight excluding hydrogens is 355 g/mol. The van der Waals surface area contributed by atoms with Crippen LogP contribution in [0.5, 0.6) is 0 Å². The lowest BCUT2D eigenvalue weighted by Gasteiger charge is -2.21. The van der Waals surface area contributed by atoms with Crippen LogP contribution < -0.4 is 5.32 Å². The van der Waals surface area contributed by atoms with Crippen molar-refractivity contribution in [2.75, 3.05) is 6.54 Å². The average molecular weight is 375 g/mol. The number of hydrogen-bond acceptors (Lipinski definition) is 4. The van der Waals surface area contributed by atoms with Crippen molar-refractivity contribution < 1.29 is 14.0 Å². The Morgan fingerprint density at radius 3 is 2.77 bits per heavy atom. The van der Waals surface area contributed by atoms with Crippen molar-refractivity contribution in [1.82, 2.24) is 10.3 Å². The number of aromatic nitrogens is 1. The van der Waals surface area contributed by atoms with Gasteiger partial charge in [-0.2, -0.15) is 0 Å². The van der Waals surface area contributed by atoms with Crippen LogP contribution >= 0.6 is 11.6 Å². The van der Waals surface area contributed by atoms with E-state index < -0.39 is 11.6 Å². The number of carbonyl (C=O) groups is 2. The van der Waals surface area contributed by atoms with E-state index in [9.17, 15) is 9.59 Å². The van der Waals surface area contributed by atoms with Gasteiger partial charge in [0.1, 0.15) is 12.1 Å². The normalized spacial score (nSPS) is 16.1. The van der Waals surface area contributed by atoms with Crippen molar-refractivity contribution in [2.24, 2.45) is 5.41 Å². The SMILES string of the molecule is CC[C@@H](NCC1(C=O)CC1)c1ccc(Cl)c(C(=O)c2cccnc2)c1F. The van der Waals surface area contributed by atoms with Gasteiger partial charge in [-0.15, -0.1) is 0 Å². The summed E-state index contributed by atoms with van der Waals surface area (Å²) in [4.78, 5) is 27.8. The van der Waals surface area contributed by atoms with E-state index in [1.807, 2.05) is 6.92 Å². The fourth-order valence-electron chi connectivity index (χ4n) is 2.98. The Hall–Kier alpha value is -2.11. The molecule has 1 aliphatic carbocycles. The quantitative estimate of drug-likeness (QED) is 0.557. The zero-order chi connectivity index (χ0) is 18.7. The first-order valence-electron chi connectivity index (χ1n) is 8.63. The highest BCUT2D eigenvalue weighted by molar-refractivity contribution is 6.35. The molecule has 1 aromatic carbocycles. The summed E-state index contributed by atoms with van der Waals surface area (Å²) in [6.45, 7) is 2.43. The van der Waals surface area contributed by atoms with Gasteiger partial charge in [-0.3, -0.25) is 9.78 Å². The molecule has 26 heavy (non-hydrogen) atoms. The minimum Gasteiger partial charge on any atom is -0.309 e. The largest absolute Gasteiger partial charge is 0.309 e. The Kier molecular flexibility index (Phi) is 5.49. The fraction of sp³-hybridized carbons (Fsp3) is 0.350. The zero-order valence-electron chi connectivity index (χ0n) is 14.5. The summed E-state index contributed by atoms with van der Waals surface area (Å²) in [5.41, 5.74) is 0.203. The first-order valence-corrected chi connectivity index (χ1v) is 9.01. The van der Waals surface area contributed by atoms with E-state index >= 15 is 4.39 Å². The Labute approximate surface area is 156 Å². The molecule has 3 rings (SSSR count). The van der Waals surface area contributed by atoms with E-state index in [1.165, 1.54) is 6.20 Å². The molecule has 2 aromatic rings. The molecule has 0 saturated heterocycles. The third kappa shape index (κ3) is 3.69. The number of ketones is 1. The Morgan fingerprint density at radius 2 is 2.19 bits per heavy atom. The van der Waals surface area contributed by atoms with Crippen molar-refractivity contribution in [3.8, 4) is 0 Å². The molecule has 1 N–H and O–H groups in total. The lowest BCUT2D eigenvalue weighted by molar-refractivity contribution is -0.112. The second kappa shape index (κ2) is 7.64. The first-order chi connectivity index (χ1) is 12.5. The zero-order valence-corrected chi connectivity index (χ0v) is 15.2. The number of nitrogens with zero attached hydrogens (tertiary/aromatic N) is 1. The van der Waals surface area contributed by atoms with Crippen LogP contribution in [0, 0.1) is 11.2 Å². The van der Waals surface area contributed by atoms with Crippen LogP contribution in [0.4, 0.5) is 4.39 Å². The highest BCUT2D eigenvalue weighted by atomic mass is 35.5. The molecule has 0 radical (unpaired) electrons. The van der Waals surface area contributed by atoms with Gasteiger partial charge in [0.15, 0.2) is 5.78 Å². The van der Waals surface area contributed by atoms with Gasteiger partial charge < -0.3 is 10.1 Å². The minimum atomic E-state index is -0.623. The van der Waals surface area contributed by atoms with Gasteiger partial charge in [0.25, 0.3) is 0 Å². The van der Waals surface area contributed by atoms with Crippen LogP contribution in [0.25, 0.3) is 0 Å². The molecule has 1 saturated carbocycles. The third-order valence-electron chi connectivity index (χ3n) is 4.90. The van der Waals surface area contributed by atoms with Crippen LogP contribution in [0.2, 0.25) is 5.02 Å². The molecule has 0 bridgehead atoms. The molecule has 1 atom stereocenters. The Morgan fingerprint density at radius 1 is 1.42 bits per heavy atom. The topological polar surface area (TPSA) is 59.1 Å². The highest BCUT2D eigenvalue weighted by Crippen LogP contribution is 2.43. The molecular formula is C20H20ClFN2O2. The summed E-state index contributed by atoms with van der Waals surface area (Å²) in [5.74, 6) is -1.12. The second-order valence-electron chi connectivity index (χ2n) is 6.72. The van der Waals surface area contributed by atoms with Gasteiger partial charge in [-0.05, 0) is 37.5 Å². The maximum absolute atomic E-state index is 15.2. The molecule has 0 unspecified atom stereocenters. The third-order valence-corrected chi connectivity index (χ3v) is 5.21. The summed E-state index contributed by atoms with van der Waals surface area (Å²) in [5, 5.41) is 3.34. The number of pyridine rings is 1. The predicted molar refractivity (Wildman–Crippen MR) is 97.8 cm³/mol. The van der Waals surface area contributed by atoms with E-state index in [2.05, 4.69) is 10.3 Å². The number of aldehydes is 1. The second-order valence-corrected chi connectivity index (χ2v) is 7.13. The minimum absolute atomic E-state index is 0.0708. The van der Waals surface area contributed by atoms with Gasteiger partial charge in [-0.25, -0.2) is 4.39 Å². The van der Waals surface area contributed by atoms with E-state index in [-0.39, 0.29) is 27.6 Å². The lowest BCUT2D eigenvalue weighted by atomic mass is 9.96. The monoisotopic (exact) mass is 374 g/mol. The predicted octanol–water partition coefficient (Wildman–Crippen LogP) is 4.12. The van der Waals surface area contributed by atoms with Gasteiger partial charge in [0.05, 0.1) is 10.6 Å². The van der Waals surface area contributed by atoms with Crippen LogP contribution in [-0.2, 0) is 4.79 Å². The molecule has 0 amide bonds. The molecule has 0 aliphatic heterocycles. The first kappa shape index (κ1) is 18.7. The summed E-state index contributed by atoms with van der Waals surface area (Å²) in [7, 11) is 0. The molecule has 6 heteroatoms. The standard InChI is InChI=1S/C20H20ClFN2O2/c1-2-16(24-11-20(12-25)7-8-20)14-5-6-15(21)17(18(14)22)19(26)13-4-3-9-23-10-13/h3-6,9-10,12,16,24H,2,7-8,11H2,1H3/t16-/m1/s1. The Bertz CT molecular complexity index is 822. The average Bonchev–Trinajstić information content (AvgIpc) is 3.45. The molecule has 1 heterocycles. The molecule has 136 valence electrons. The number of benzene rings is 1. The number of nitrogens with one attached hydrogen (secondary N) is 1.